The number of hydrogen-bond donors (Lipinski definition) is 3. The van der Waals surface area contributed by atoms with Gasteiger partial charge in [-0.1, -0.05) is 395 Å². The zero-order valence-electron chi connectivity index (χ0n) is 67.6. The Kier molecular flexibility index (Phi) is 74.1. The lowest BCUT2D eigenvalue weighted by atomic mass is 10.0. The molecule has 0 fully saturated rings. The monoisotopic (exact) mass is 1510 g/mol. The van der Waals surface area contributed by atoms with Gasteiger partial charge in [-0.25, -0.2) is 9.13 Å². The highest BCUT2D eigenvalue weighted by Crippen LogP contribution is 2.45. The largest absolute Gasteiger partial charge is 0.472 e. The number of aliphatic hydroxyl groups is 1. The number of rotatable bonds is 83. The van der Waals surface area contributed by atoms with E-state index < -0.39 is 97.5 Å². The Balaban J connectivity index is 5.22. The fourth-order valence-electron chi connectivity index (χ4n) is 13.1. The molecule has 3 N–H and O–H groups in total. The van der Waals surface area contributed by atoms with E-state index in [0.717, 1.165) is 102 Å². The number of ether oxygens (including phenoxy) is 4. The van der Waals surface area contributed by atoms with Crippen molar-refractivity contribution in [3.05, 3.63) is 0 Å². The van der Waals surface area contributed by atoms with Crippen LogP contribution in [-0.4, -0.2) is 96.7 Å². The molecule has 17 nitrogen and oxygen atoms in total. The topological polar surface area (TPSA) is 237 Å². The lowest BCUT2D eigenvalue weighted by Crippen LogP contribution is -2.30. The average Bonchev–Trinajstić information content (AvgIpc) is 0.912. The van der Waals surface area contributed by atoms with Crippen molar-refractivity contribution in [2.45, 2.75) is 464 Å². The Morgan fingerprint density at radius 2 is 0.447 bits per heavy atom. The second-order valence-corrected chi connectivity index (χ2v) is 34.1. The maximum absolute atomic E-state index is 13.1. The molecule has 0 aliphatic carbocycles. The van der Waals surface area contributed by atoms with Crippen molar-refractivity contribution in [2.75, 3.05) is 39.6 Å². The molecular formula is C84H164O17P2. The summed E-state index contributed by atoms with van der Waals surface area (Å²) in [6.07, 6.45) is 66.8. The minimum Gasteiger partial charge on any atom is -0.462 e. The van der Waals surface area contributed by atoms with Crippen LogP contribution in [0.3, 0.4) is 0 Å². The normalized spacial score (nSPS) is 13.9. The summed E-state index contributed by atoms with van der Waals surface area (Å²) < 4.78 is 68.8. The van der Waals surface area contributed by atoms with E-state index in [1.807, 2.05) is 0 Å². The lowest BCUT2D eigenvalue weighted by Gasteiger charge is -2.21. The van der Waals surface area contributed by atoms with Crippen molar-refractivity contribution < 1.29 is 80.2 Å². The summed E-state index contributed by atoms with van der Waals surface area (Å²) in [6, 6.07) is 0. The number of unbranched alkanes of at least 4 members (excludes halogenated alkanes) is 53. The second-order valence-electron chi connectivity index (χ2n) is 31.2. The number of hydrogen-bond acceptors (Lipinski definition) is 15. The minimum atomic E-state index is -4.96. The Labute approximate surface area is 632 Å². The fraction of sp³-hybridized carbons (Fsp3) is 0.952. The summed E-state index contributed by atoms with van der Waals surface area (Å²) in [5, 5.41) is 10.7. The van der Waals surface area contributed by atoms with E-state index in [1.165, 1.54) is 257 Å². The van der Waals surface area contributed by atoms with Crippen molar-refractivity contribution >= 4 is 39.5 Å². The Bertz CT molecular complexity index is 1980. The van der Waals surface area contributed by atoms with Gasteiger partial charge in [0, 0.05) is 25.7 Å². The van der Waals surface area contributed by atoms with E-state index in [1.54, 1.807) is 0 Å². The molecule has 0 spiro atoms. The van der Waals surface area contributed by atoms with Gasteiger partial charge in [-0.15, -0.1) is 0 Å². The number of aliphatic hydroxyl groups excluding tert-OH is 1. The summed E-state index contributed by atoms with van der Waals surface area (Å²) >= 11 is 0. The Hall–Kier alpha value is -1.94. The zero-order chi connectivity index (χ0) is 75.6. The van der Waals surface area contributed by atoms with Crippen LogP contribution < -0.4 is 0 Å². The number of carbonyl (C=O) groups is 4. The van der Waals surface area contributed by atoms with E-state index >= 15 is 0 Å². The first kappa shape index (κ1) is 101. The standard InChI is InChI=1S/C84H164O17P2/c1-7-9-11-13-15-17-19-21-23-25-27-31-35-39-43-47-54-60-66-81(86)94-72-79(100-83(88)68-62-57-49-45-41-37-33-29-28-30-34-38-42-46-52-58-64-76(3)4)74-98-102(90,91)96-70-78(85)71-97-103(92,93)99-75-80(73-95-82(87)67-61-55-51-50-53-59-65-77(5)6)101-84(89)69-63-56-48-44-40-36-32-26-24-22-20-18-16-14-12-10-8-2/h76-80,85H,7-75H2,1-6H3,(H,90,91)(H,92,93)/t78-,79-,80-/m1/s1. The molecule has 0 aliphatic heterocycles. The van der Waals surface area contributed by atoms with Crippen LogP contribution in [0.1, 0.15) is 446 Å². The summed E-state index contributed by atoms with van der Waals surface area (Å²) in [5.41, 5.74) is 0. The molecule has 5 atom stereocenters. The van der Waals surface area contributed by atoms with Gasteiger partial charge in [0.05, 0.1) is 26.4 Å². The summed E-state index contributed by atoms with van der Waals surface area (Å²) in [6.45, 7) is 9.61. The molecule has 0 rings (SSSR count). The predicted octanol–water partition coefficient (Wildman–Crippen LogP) is 25.5. The quantitative estimate of drug-likeness (QED) is 0.0222. The number of phosphoric acid groups is 2. The molecule has 0 aromatic rings. The molecule has 0 radical (unpaired) electrons. The van der Waals surface area contributed by atoms with Gasteiger partial charge in [-0.3, -0.25) is 37.3 Å². The van der Waals surface area contributed by atoms with Gasteiger partial charge in [0.1, 0.15) is 19.3 Å². The highest BCUT2D eigenvalue weighted by Gasteiger charge is 2.30. The zero-order valence-corrected chi connectivity index (χ0v) is 69.4. The summed E-state index contributed by atoms with van der Waals surface area (Å²) in [5.74, 6) is -0.617. The summed E-state index contributed by atoms with van der Waals surface area (Å²) in [4.78, 5) is 73.1. The third kappa shape index (κ3) is 78.0. The van der Waals surface area contributed by atoms with Crippen molar-refractivity contribution in [1.29, 1.82) is 0 Å². The van der Waals surface area contributed by atoms with Gasteiger partial charge in [0.2, 0.25) is 0 Å². The van der Waals surface area contributed by atoms with Gasteiger partial charge < -0.3 is 33.8 Å². The Morgan fingerprint density at radius 3 is 0.660 bits per heavy atom. The third-order valence-electron chi connectivity index (χ3n) is 19.7. The molecule has 0 bridgehead atoms. The molecule has 0 aromatic heterocycles. The lowest BCUT2D eigenvalue weighted by molar-refractivity contribution is -0.161. The molecule has 0 aromatic carbocycles. The third-order valence-corrected chi connectivity index (χ3v) is 21.6. The van der Waals surface area contributed by atoms with E-state index in [4.69, 9.17) is 37.0 Å². The van der Waals surface area contributed by atoms with Crippen molar-refractivity contribution in [3.8, 4) is 0 Å². The van der Waals surface area contributed by atoms with Gasteiger partial charge in [-0.05, 0) is 37.5 Å². The fourth-order valence-corrected chi connectivity index (χ4v) is 14.6. The molecule has 2 unspecified atom stereocenters. The average molecular weight is 1510 g/mol. The van der Waals surface area contributed by atoms with E-state index in [-0.39, 0.29) is 25.7 Å². The van der Waals surface area contributed by atoms with E-state index in [9.17, 15) is 43.2 Å². The Morgan fingerprint density at radius 1 is 0.262 bits per heavy atom. The minimum absolute atomic E-state index is 0.108. The predicted molar refractivity (Wildman–Crippen MR) is 423 cm³/mol. The first-order valence-corrected chi connectivity index (χ1v) is 46.5. The molecule has 0 saturated heterocycles. The number of esters is 4. The molecule has 0 saturated carbocycles. The van der Waals surface area contributed by atoms with Crippen molar-refractivity contribution in [1.82, 2.24) is 0 Å². The SMILES string of the molecule is CCCCCCCCCCCCCCCCCCCCC(=O)OC[C@H](COP(=O)(O)OC[C@@H](O)COP(=O)(O)OC[C@@H](COC(=O)CCCCCCCCC(C)C)OC(=O)CCCCCCCCCCCCCCCCCCC)OC(=O)CCCCCCCCCCCCCCCCCCC(C)C. The van der Waals surface area contributed by atoms with E-state index in [2.05, 4.69) is 41.5 Å². The van der Waals surface area contributed by atoms with Crippen molar-refractivity contribution in [2.24, 2.45) is 11.8 Å². The molecular weight excluding hydrogens is 1340 g/mol. The van der Waals surface area contributed by atoms with Crippen LogP contribution in [0.5, 0.6) is 0 Å². The van der Waals surface area contributed by atoms with Crippen LogP contribution in [-0.2, 0) is 65.4 Å². The molecule has 103 heavy (non-hydrogen) atoms. The van der Waals surface area contributed by atoms with Crippen molar-refractivity contribution in [3.63, 3.8) is 0 Å². The molecule has 0 heterocycles. The van der Waals surface area contributed by atoms with Gasteiger partial charge >= 0.3 is 39.5 Å². The molecule has 0 aliphatic rings. The van der Waals surface area contributed by atoms with Gasteiger partial charge in [-0.2, -0.15) is 0 Å². The highest BCUT2D eigenvalue weighted by atomic mass is 31.2. The first-order valence-electron chi connectivity index (χ1n) is 43.5. The van der Waals surface area contributed by atoms with Crippen LogP contribution in [0, 0.1) is 11.8 Å². The van der Waals surface area contributed by atoms with Crippen LogP contribution in [0.4, 0.5) is 0 Å². The van der Waals surface area contributed by atoms with Crippen LogP contribution in [0.15, 0.2) is 0 Å². The smallest absolute Gasteiger partial charge is 0.462 e. The highest BCUT2D eigenvalue weighted by molar-refractivity contribution is 7.47. The first-order chi connectivity index (χ1) is 49.9. The second kappa shape index (κ2) is 75.5. The molecule has 612 valence electrons. The molecule has 0 amide bonds. The van der Waals surface area contributed by atoms with Gasteiger partial charge in [0.25, 0.3) is 0 Å². The summed E-state index contributed by atoms with van der Waals surface area (Å²) in [7, 11) is -9.92. The van der Waals surface area contributed by atoms with E-state index in [0.29, 0.717) is 31.6 Å². The van der Waals surface area contributed by atoms with Crippen LogP contribution in [0.2, 0.25) is 0 Å². The number of phosphoric ester groups is 2. The van der Waals surface area contributed by atoms with Crippen LogP contribution >= 0.6 is 15.6 Å². The molecule has 19 heteroatoms. The number of carbonyl (C=O) groups excluding carboxylic acids is 4. The van der Waals surface area contributed by atoms with Crippen LogP contribution in [0.25, 0.3) is 0 Å². The maximum Gasteiger partial charge on any atom is 0.472 e. The van der Waals surface area contributed by atoms with Gasteiger partial charge in [0.15, 0.2) is 12.2 Å². The maximum atomic E-state index is 13.1.